The van der Waals surface area contributed by atoms with Crippen molar-refractivity contribution in [3.63, 3.8) is 0 Å². The smallest absolute Gasteiger partial charge is 0.259 e. The Labute approximate surface area is 131 Å². The van der Waals surface area contributed by atoms with Gasteiger partial charge in [-0.3, -0.25) is 0 Å². The van der Waals surface area contributed by atoms with Crippen LogP contribution in [0.4, 0.5) is 5.69 Å². The summed E-state index contributed by atoms with van der Waals surface area (Å²) >= 11 is 12.0. The minimum absolute atomic E-state index is 0.379. The number of benzene rings is 2. The van der Waals surface area contributed by atoms with Crippen molar-refractivity contribution >= 4 is 28.9 Å². The maximum absolute atomic E-state index is 6.13. The van der Waals surface area contributed by atoms with E-state index in [1.54, 1.807) is 18.2 Å². The fourth-order valence-electron chi connectivity index (χ4n) is 1.92. The molecule has 106 valence electrons. The van der Waals surface area contributed by atoms with Gasteiger partial charge in [0.2, 0.25) is 0 Å². The van der Waals surface area contributed by atoms with Crippen LogP contribution in [0.5, 0.6) is 0 Å². The lowest BCUT2D eigenvalue weighted by molar-refractivity contribution is 0.424. The summed E-state index contributed by atoms with van der Waals surface area (Å²) in [6, 6.07) is 12.7. The van der Waals surface area contributed by atoms with Gasteiger partial charge in [0.05, 0.1) is 10.6 Å². The molecule has 1 aromatic heterocycles. The highest BCUT2D eigenvalue weighted by molar-refractivity contribution is 6.33. The Morgan fingerprint density at radius 3 is 2.52 bits per heavy atom. The summed E-state index contributed by atoms with van der Waals surface area (Å²) < 4.78 is 5.25. The molecule has 21 heavy (non-hydrogen) atoms. The topological polar surface area (TPSA) is 64.9 Å². The van der Waals surface area contributed by atoms with E-state index >= 15 is 0 Å². The predicted molar refractivity (Wildman–Crippen MR) is 83.4 cm³/mol. The summed E-state index contributed by atoms with van der Waals surface area (Å²) in [4.78, 5) is 4.35. The monoisotopic (exact) mass is 319 g/mol. The zero-order valence-electron chi connectivity index (χ0n) is 10.9. The van der Waals surface area contributed by atoms with Gasteiger partial charge in [-0.1, -0.05) is 40.5 Å². The highest BCUT2D eigenvalue weighted by atomic mass is 35.5. The Kier molecular flexibility index (Phi) is 3.82. The molecule has 0 bridgehead atoms. The van der Waals surface area contributed by atoms with Crippen LogP contribution in [0.25, 0.3) is 11.5 Å². The van der Waals surface area contributed by atoms with E-state index in [1.165, 1.54) is 0 Å². The second-order valence-corrected chi connectivity index (χ2v) is 5.40. The second kappa shape index (κ2) is 5.76. The van der Waals surface area contributed by atoms with Crippen LogP contribution in [-0.4, -0.2) is 10.1 Å². The zero-order chi connectivity index (χ0) is 14.8. The standard InChI is InChI=1S/C15H11Cl2N3O/c16-10-3-1-9(2-4-10)7-14-19-15(21-20-14)12-6-5-11(18)8-13(12)17/h1-6,8H,7,18H2. The number of halogens is 2. The molecule has 0 aliphatic heterocycles. The van der Waals surface area contributed by atoms with Crippen LogP contribution in [0.3, 0.4) is 0 Å². The van der Waals surface area contributed by atoms with Gasteiger partial charge in [0, 0.05) is 17.1 Å². The number of rotatable bonds is 3. The number of nitrogen functional groups attached to an aromatic ring is 1. The van der Waals surface area contributed by atoms with Gasteiger partial charge >= 0.3 is 0 Å². The van der Waals surface area contributed by atoms with Gasteiger partial charge in [0.25, 0.3) is 5.89 Å². The molecule has 0 unspecified atom stereocenters. The molecule has 3 aromatic rings. The first-order valence-electron chi connectivity index (χ1n) is 6.24. The summed E-state index contributed by atoms with van der Waals surface area (Å²) in [6.07, 6.45) is 0.563. The van der Waals surface area contributed by atoms with Crippen molar-refractivity contribution in [2.45, 2.75) is 6.42 Å². The van der Waals surface area contributed by atoms with Crippen molar-refractivity contribution < 1.29 is 4.52 Å². The van der Waals surface area contributed by atoms with Crippen LogP contribution in [0.1, 0.15) is 11.4 Å². The molecule has 4 nitrogen and oxygen atoms in total. The Morgan fingerprint density at radius 2 is 1.81 bits per heavy atom. The van der Waals surface area contributed by atoms with Crippen molar-refractivity contribution in [3.05, 3.63) is 63.9 Å². The quantitative estimate of drug-likeness (QED) is 0.734. The highest BCUT2D eigenvalue weighted by Crippen LogP contribution is 2.28. The molecule has 1 heterocycles. The molecule has 0 aliphatic rings. The fraction of sp³-hybridized carbons (Fsp3) is 0.0667. The molecule has 0 spiro atoms. The van der Waals surface area contributed by atoms with Crippen molar-refractivity contribution in [2.75, 3.05) is 5.73 Å². The Hall–Kier alpha value is -2.04. The molecule has 0 saturated heterocycles. The van der Waals surface area contributed by atoms with Gasteiger partial charge in [-0.05, 0) is 35.9 Å². The van der Waals surface area contributed by atoms with Gasteiger partial charge in [-0.15, -0.1) is 0 Å². The van der Waals surface area contributed by atoms with Crippen LogP contribution in [0, 0.1) is 0 Å². The SMILES string of the molecule is Nc1ccc(-c2nc(Cc3ccc(Cl)cc3)no2)c(Cl)c1. The van der Waals surface area contributed by atoms with E-state index in [-0.39, 0.29) is 0 Å². The molecular formula is C15H11Cl2N3O. The van der Waals surface area contributed by atoms with Crippen LogP contribution < -0.4 is 5.73 Å². The normalized spacial score (nSPS) is 10.8. The molecule has 0 amide bonds. The third-order valence-electron chi connectivity index (χ3n) is 2.97. The van der Waals surface area contributed by atoms with Crippen molar-refractivity contribution in [3.8, 4) is 11.5 Å². The van der Waals surface area contributed by atoms with E-state index in [0.717, 1.165) is 5.56 Å². The number of anilines is 1. The first-order chi connectivity index (χ1) is 10.1. The number of nitrogens with two attached hydrogens (primary N) is 1. The number of hydrogen-bond acceptors (Lipinski definition) is 4. The molecule has 2 N–H and O–H groups in total. The highest BCUT2D eigenvalue weighted by Gasteiger charge is 2.12. The Balaban J connectivity index is 1.84. The predicted octanol–water partition coefficient (Wildman–Crippen LogP) is 4.22. The third-order valence-corrected chi connectivity index (χ3v) is 3.53. The molecular weight excluding hydrogens is 309 g/mol. The number of hydrogen-bond donors (Lipinski definition) is 1. The molecule has 0 fully saturated rings. The first-order valence-corrected chi connectivity index (χ1v) is 7.00. The lowest BCUT2D eigenvalue weighted by Gasteiger charge is -1.99. The maximum Gasteiger partial charge on any atom is 0.259 e. The molecule has 0 atom stereocenters. The van der Waals surface area contributed by atoms with E-state index in [9.17, 15) is 0 Å². The molecule has 3 rings (SSSR count). The van der Waals surface area contributed by atoms with Crippen molar-refractivity contribution in [1.82, 2.24) is 10.1 Å². The van der Waals surface area contributed by atoms with E-state index in [4.69, 9.17) is 33.5 Å². The molecule has 0 saturated carbocycles. The molecule has 0 aliphatic carbocycles. The summed E-state index contributed by atoms with van der Waals surface area (Å²) in [5.41, 5.74) is 7.97. The molecule has 0 radical (unpaired) electrons. The van der Waals surface area contributed by atoms with Crippen molar-refractivity contribution in [2.24, 2.45) is 0 Å². The van der Waals surface area contributed by atoms with E-state index in [0.29, 0.717) is 39.4 Å². The van der Waals surface area contributed by atoms with E-state index in [1.807, 2.05) is 24.3 Å². The van der Waals surface area contributed by atoms with E-state index < -0.39 is 0 Å². The zero-order valence-corrected chi connectivity index (χ0v) is 12.4. The minimum atomic E-state index is 0.379. The van der Waals surface area contributed by atoms with Gasteiger partial charge in [-0.25, -0.2) is 0 Å². The van der Waals surface area contributed by atoms with Crippen LogP contribution in [0.2, 0.25) is 10.0 Å². The number of nitrogens with zero attached hydrogens (tertiary/aromatic N) is 2. The Bertz CT molecular complexity index is 769. The lowest BCUT2D eigenvalue weighted by atomic mass is 10.1. The summed E-state index contributed by atoms with van der Waals surface area (Å²) in [5, 5.41) is 5.14. The second-order valence-electron chi connectivity index (χ2n) is 4.56. The van der Waals surface area contributed by atoms with Crippen LogP contribution in [-0.2, 0) is 6.42 Å². The van der Waals surface area contributed by atoms with E-state index in [2.05, 4.69) is 10.1 Å². The average Bonchev–Trinajstić information content (AvgIpc) is 2.90. The Morgan fingerprint density at radius 1 is 1.05 bits per heavy atom. The molecule has 2 aromatic carbocycles. The fourth-order valence-corrected chi connectivity index (χ4v) is 2.32. The van der Waals surface area contributed by atoms with Gasteiger partial charge < -0.3 is 10.3 Å². The third kappa shape index (κ3) is 3.17. The largest absolute Gasteiger partial charge is 0.399 e. The summed E-state index contributed by atoms with van der Waals surface area (Å²) in [5.74, 6) is 0.962. The lowest BCUT2D eigenvalue weighted by Crippen LogP contribution is -1.91. The maximum atomic E-state index is 6.13. The summed E-state index contributed by atoms with van der Waals surface area (Å²) in [7, 11) is 0. The van der Waals surface area contributed by atoms with Gasteiger partial charge in [-0.2, -0.15) is 4.98 Å². The van der Waals surface area contributed by atoms with Gasteiger partial charge in [0.15, 0.2) is 5.82 Å². The minimum Gasteiger partial charge on any atom is -0.399 e. The van der Waals surface area contributed by atoms with Crippen LogP contribution >= 0.6 is 23.2 Å². The average molecular weight is 320 g/mol. The summed E-state index contributed by atoms with van der Waals surface area (Å²) in [6.45, 7) is 0. The first kappa shape index (κ1) is 13.9. The van der Waals surface area contributed by atoms with Crippen LogP contribution in [0.15, 0.2) is 47.0 Å². The van der Waals surface area contributed by atoms with Crippen molar-refractivity contribution in [1.29, 1.82) is 0 Å². The number of aromatic nitrogens is 2. The molecule has 6 heteroatoms. The van der Waals surface area contributed by atoms with Gasteiger partial charge in [0.1, 0.15) is 0 Å².